The SMILES string of the molecule is Cc1ncccc1-n1cccc1-c1ccc(S(C)(=O)=O)cc1. The Kier molecular flexibility index (Phi) is 3.58. The Morgan fingerprint density at radius 2 is 1.73 bits per heavy atom. The summed E-state index contributed by atoms with van der Waals surface area (Å²) in [6.45, 7) is 1.96. The summed E-state index contributed by atoms with van der Waals surface area (Å²) >= 11 is 0. The molecule has 0 amide bonds. The molecule has 0 saturated heterocycles. The fourth-order valence-corrected chi connectivity index (χ4v) is 3.06. The van der Waals surface area contributed by atoms with Crippen LogP contribution < -0.4 is 0 Å². The smallest absolute Gasteiger partial charge is 0.175 e. The second-order valence-electron chi connectivity index (χ2n) is 5.17. The fourth-order valence-electron chi connectivity index (χ4n) is 2.43. The molecule has 0 aliphatic heterocycles. The molecule has 2 aromatic heterocycles. The number of hydrogen-bond donors (Lipinski definition) is 0. The third kappa shape index (κ3) is 2.67. The van der Waals surface area contributed by atoms with E-state index in [1.807, 2.05) is 49.5 Å². The van der Waals surface area contributed by atoms with Crippen LogP contribution in [0.5, 0.6) is 0 Å². The monoisotopic (exact) mass is 312 g/mol. The molecule has 3 rings (SSSR count). The van der Waals surface area contributed by atoms with E-state index in [2.05, 4.69) is 9.55 Å². The number of pyridine rings is 1. The van der Waals surface area contributed by atoms with Crippen molar-refractivity contribution in [2.45, 2.75) is 11.8 Å². The van der Waals surface area contributed by atoms with Gasteiger partial charge in [-0.1, -0.05) is 12.1 Å². The molecule has 112 valence electrons. The number of hydrogen-bond acceptors (Lipinski definition) is 3. The van der Waals surface area contributed by atoms with E-state index >= 15 is 0 Å². The average molecular weight is 312 g/mol. The molecule has 0 aliphatic carbocycles. The van der Waals surface area contributed by atoms with Crippen LogP contribution in [0.3, 0.4) is 0 Å². The summed E-state index contributed by atoms with van der Waals surface area (Å²) in [5, 5.41) is 0. The molecule has 0 radical (unpaired) electrons. The van der Waals surface area contributed by atoms with Crippen molar-refractivity contribution in [1.29, 1.82) is 0 Å². The Morgan fingerprint density at radius 3 is 2.36 bits per heavy atom. The summed E-state index contributed by atoms with van der Waals surface area (Å²) < 4.78 is 25.2. The molecule has 3 aromatic rings. The van der Waals surface area contributed by atoms with Crippen molar-refractivity contribution >= 4 is 9.84 Å². The van der Waals surface area contributed by atoms with Crippen LogP contribution in [0.2, 0.25) is 0 Å². The van der Waals surface area contributed by atoms with Crippen molar-refractivity contribution in [2.75, 3.05) is 6.26 Å². The molecule has 5 heteroatoms. The maximum atomic E-state index is 11.6. The van der Waals surface area contributed by atoms with E-state index in [-0.39, 0.29) is 0 Å². The van der Waals surface area contributed by atoms with Crippen LogP contribution in [0.15, 0.2) is 65.8 Å². The first-order valence-electron chi connectivity index (χ1n) is 6.86. The van der Waals surface area contributed by atoms with Gasteiger partial charge in [0.1, 0.15) is 0 Å². The molecule has 0 atom stereocenters. The van der Waals surface area contributed by atoms with Gasteiger partial charge in [-0.05, 0) is 48.9 Å². The van der Waals surface area contributed by atoms with Gasteiger partial charge in [0, 0.05) is 18.6 Å². The van der Waals surface area contributed by atoms with Crippen molar-refractivity contribution in [3.8, 4) is 16.9 Å². The van der Waals surface area contributed by atoms with Crippen molar-refractivity contribution in [3.63, 3.8) is 0 Å². The molecule has 22 heavy (non-hydrogen) atoms. The van der Waals surface area contributed by atoms with Crippen molar-refractivity contribution in [2.24, 2.45) is 0 Å². The highest BCUT2D eigenvalue weighted by molar-refractivity contribution is 7.90. The molecule has 0 saturated carbocycles. The van der Waals surface area contributed by atoms with Gasteiger partial charge >= 0.3 is 0 Å². The first-order chi connectivity index (χ1) is 10.5. The maximum absolute atomic E-state index is 11.6. The Hall–Kier alpha value is -2.40. The maximum Gasteiger partial charge on any atom is 0.175 e. The van der Waals surface area contributed by atoms with Gasteiger partial charge in [-0.2, -0.15) is 0 Å². The van der Waals surface area contributed by atoms with E-state index in [9.17, 15) is 8.42 Å². The van der Waals surface area contributed by atoms with Crippen LogP contribution in [-0.2, 0) is 9.84 Å². The standard InChI is InChI=1S/C17H16N2O2S/c1-13-16(5-3-11-18-13)19-12-4-6-17(19)14-7-9-15(10-8-14)22(2,20)21/h3-12H,1-2H3. The van der Waals surface area contributed by atoms with Crippen LogP contribution in [0.25, 0.3) is 16.9 Å². The number of benzene rings is 1. The molecule has 0 bridgehead atoms. The largest absolute Gasteiger partial charge is 0.315 e. The van der Waals surface area contributed by atoms with E-state index in [1.165, 1.54) is 6.26 Å². The second kappa shape index (κ2) is 5.42. The first-order valence-corrected chi connectivity index (χ1v) is 8.76. The Morgan fingerprint density at radius 1 is 1.00 bits per heavy atom. The third-order valence-electron chi connectivity index (χ3n) is 3.57. The normalized spacial score (nSPS) is 11.5. The summed E-state index contributed by atoms with van der Waals surface area (Å²) in [4.78, 5) is 4.64. The molecule has 0 unspecified atom stereocenters. The molecular weight excluding hydrogens is 296 g/mol. The summed E-state index contributed by atoms with van der Waals surface area (Å²) in [7, 11) is -3.17. The van der Waals surface area contributed by atoms with E-state index in [4.69, 9.17) is 0 Å². The lowest BCUT2D eigenvalue weighted by molar-refractivity contribution is 0.602. The predicted octanol–water partition coefficient (Wildman–Crippen LogP) is 3.25. The van der Waals surface area contributed by atoms with E-state index in [1.54, 1.807) is 18.3 Å². The van der Waals surface area contributed by atoms with Gasteiger partial charge in [-0.25, -0.2) is 8.42 Å². The quantitative estimate of drug-likeness (QED) is 0.746. The van der Waals surface area contributed by atoms with Gasteiger partial charge in [-0.15, -0.1) is 0 Å². The van der Waals surface area contributed by atoms with Crippen LogP contribution in [0, 0.1) is 6.92 Å². The first kappa shape index (κ1) is 14.5. The molecule has 0 aliphatic rings. The molecule has 0 spiro atoms. The zero-order valence-corrected chi connectivity index (χ0v) is 13.2. The Balaban J connectivity index is 2.08. The van der Waals surface area contributed by atoms with Gasteiger partial charge in [-0.3, -0.25) is 4.98 Å². The fraction of sp³-hybridized carbons (Fsp3) is 0.118. The summed E-state index contributed by atoms with van der Waals surface area (Å²) in [6.07, 6.45) is 4.95. The lowest BCUT2D eigenvalue weighted by Gasteiger charge is -2.11. The number of aryl methyl sites for hydroxylation is 1. The van der Waals surface area contributed by atoms with Crippen molar-refractivity contribution < 1.29 is 8.42 Å². The molecular formula is C17H16N2O2S. The highest BCUT2D eigenvalue weighted by Crippen LogP contribution is 2.26. The Bertz CT molecular complexity index is 910. The topological polar surface area (TPSA) is 52.0 Å². The summed E-state index contributed by atoms with van der Waals surface area (Å²) in [5.74, 6) is 0. The van der Waals surface area contributed by atoms with Crippen molar-refractivity contribution in [1.82, 2.24) is 9.55 Å². The highest BCUT2D eigenvalue weighted by Gasteiger charge is 2.10. The average Bonchev–Trinajstić information content (AvgIpc) is 2.96. The number of nitrogens with zero attached hydrogens (tertiary/aromatic N) is 2. The van der Waals surface area contributed by atoms with Crippen LogP contribution >= 0.6 is 0 Å². The van der Waals surface area contributed by atoms with Crippen LogP contribution in [0.4, 0.5) is 0 Å². The van der Waals surface area contributed by atoms with Gasteiger partial charge in [0.25, 0.3) is 0 Å². The van der Waals surface area contributed by atoms with Gasteiger partial charge in [0.15, 0.2) is 9.84 Å². The number of rotatable bonds is 3. The predicted molar refractivity (Wildman–Crippen MR) is 86.8 cm³/mol. The third-order valence-corrected chi connectivity index (χ3v) is 4.69. The minimum Gasteiger partial charge on any atom is -0.315 e. The molecule has 0 fully saturated rings. The zero-order valence-electron chi connectivity index (χ0n) is 12.4. The van der Waals surface area contributed by atoms with E-state index in [0.29, 0.717) is 4.90 Å². The summed E-state index contributed by atoms with van der Waals surface area (Å²) in [6, 6.07) is 14.8. The molecule has 2 heterocycles. The second-order valence-corrected chi connectivity index (χ2v) is 7.18. The zero-order chi connectivity index (χ0) is 15.7. The highest BCUT2D eigenvalue weighted by atomic mass is 32.2. The molecule has 1 aromatic carbocycles. The number of aromatic nitrogens is 2. The Labute approximate surface area is 130 Å². The lowest BCUT2D eigenvalue weighted by Crippen LogP contribution is -2.00. The number of sulfone groups is 1. The molecule has 0 N–H and O–H groups in total. The van der Waals surface area contributed by atoms with E-state index < -0.39 is 9.84 Å². The van der Waals surface area contributed by atoms with Gasteiger partial charge in [0.2, 0.25) is 0 Å². The minimum absolute atomic E-state index is 0.326. The van der Waals surface area contributed by atoms with E-state index in [0.717, 1.165) is 22.6 Å². The van der Waals surface area contributed by atoms with Gasteiger partial charge < -0.3 is 4.57 Å². The van der Waals surface area contributed by atoms with Crippen LogP contribution in [0.1, 0.15) is 5.69 Å². The lowest BCUT2D eigenvalue weighted by atomic mass is 10.1. The molecule has 4 nitrogen and oxygen atoms in total. The van der Waals surface area contributed by atoms with Crippen molar-refractivity contribution in [3.05, 3.63) is 66.6 Å². The van der Waals surface area contributed by atoms with Gasteiger partial charge in [0.05, 0.1) is 22.0 Å². The summed E-state index contributed by atoms with van der Waals surface area (Å²) in [5.41, 5.74) is 3.90. The minimum atomic E-state index is -3.17. The van der Waals surface area contributed by atoms with Crippen LogP contribution in [-0.4, -0.2) is 24.2 Å².